The van der Waals surface area contributed by atoms with Gasteiger partial charge in [0.05, 0.1) is 5.69 Å². The van der Waals surface area contributed by atoms with Crippen LogP contribution >= 0.6 is 0 Å². The van der Waals surface area contributed by atoms with Gasteiger partial charge in [-0.05, 0) is 38.1 Å². The van der Waals surface area contributed by atoms with Crippen molar-refractivity contribution in [1.82, 2.24) is 15.0 Å². The molecule has 0 unspecified atom stereocenters. The third-order valence-corrected chi connectivity index (χ3v) is 3.55. The van der Waals surface area contributed by atoms with Gasteiger partial charge in [-0.1, -0.05) is 18.2 Å². The van der Waals surface area contributed by atoms with E-state index in [0.29, 0.717) is 11.6 Å². The molecule has 4 aromatic rings. The highest BCUT2D eigenvalue weighted by Crippen LogP contribution is 2.28. The Morgan fingerprint density at radius 3 is 2.43 bits per heavy atom. The average Bonchev–Trinajstić information content (AvgIpc) is 2.92. The normalized spacial score (nSPS) is 11.3. The fourth-order valence-corrected chi connectivity index (χ4v) is 2.49. The minimum atomic E-state index is 0.539. The number of pyridine rings is 2. The lowest BCUT2D eigenvalue weighted by molar-refractivity contribution is 0.607. The summed E-state index contributed by atoms with van der Waals surface area (Å²) < 4.78 is 5.82. The molecule has 0 saturated heterocycles. The van der Waals surface area contributed by atoms with E-state index in [1.165, 1.54) is 0 Å². The summed E-state index contributed by atoms with van der Waals surface area (Å²) in [7, 11) is 0. The van der Waals surface area contributed by atoms with E-state index >= 15 is 0 Å². The summed E-state index contributed by atoms with van der Waals surface area (Å²) in [6.07, 6.45) is 0. The first-order chi connectivity index (χ1) is 10.2. The van der Waals surface area contributed by atoms with Crippen LogP contribution < -0.4 is 0 Å². The van der Waals surface area contributed by atoms with Gasteiger partial charge in [-0.25, -0.2) is 9.97 Å². The van der Waals surface area contributed by atoms with Crippen molar-refractivity contribution in [1.29, 1.82) is 0 Å². The fraction of sp³-hybridized carbons (Fsp3) is 0.118. The van der Waals surface area contributed by atoms with E-state index in [-0.39, 0.29) is 0 Å². The van der Waals surface area contributed by atoms with E-state index in [0.717, 1.165) is 33.4 Å². The molecule has 4 nitrogen and oxygen atoms in total. The molecule has 0 atom stereocenters. The predicted molar refractivity (Wildman–Crippen MR) is 82.0 cm³/mol. The molecule has 0 aliphatic carbocycles. The minimum Gasteiger partial charge on any atom is -0.418 e. The number of hydrogen-bond acceptors (Lipinski definition) is 4. The third-order valence-electron chi connectivity index (χ3n) is 3.55. The molecule has 4 rings (SSSR count). The van der Waals surface area contributed by atoms with Crippen LogP contribution in [0, 0.1) is 13.8 Å². The van der Waals surface area contributed by atoms with Gasteiger partial charge in [-0.3, -0.25) is 4.98 Å². The van der Waals surface area contributed by atoms with E-state index in [1.807, 2.05) is 56.3 Å². The lowest BCUT2D eigenvalue weighted by Gasteiger charge is -2.01. The molecule has 21 heavy (non-hydrogen) atoms. The summed E-state index contributed by atoms with van der Waals surface area (Å²) in [5.74, 6) is 0.577. The second kappa shape index (κ2) is 4.38. The Labute approximate surface area is 121 Å². The fourth-order valence-electron chi connectivity index (χ4n) is 2.49. The Hall–Kier alpha value is -2.75. The monoisotopic (exact) mass is 275 g/mol. The Balaban J connectivity index is 2.07. The van der Waals surface area contributed by atoms with Crippen molar-refractivity contribution in [2.75, 3.05) is 0 Å². The molecule has 1 aromatic carbocycles. The molecule has 4 heteroatoms. The molecule has 3 aromatic heterocycles. The number of hydrogen-bond donors (Lipinski definition) is 0. The van der Waals surface area contributed by atoms with E-state index in [1.54, 1.807) is 0 Å². The molecule has 0 fully saturated rings. The molecule has 0 bridgehead atoms. The topological polar surface area (TPSA) is 51.8 Å². The first-order valence-electron chi connectivity index (χ1n) is 6.82. The molecule has 0 N–H and O–H groups in total. The molecule has 0 aliphatic heterocycles. The van der Waals surface area contributed by atoms with Crippen molar-refractivity contribution in [2.45, 2.75) is 13.8 Å². The zero-order valence-corrected chi connectivity index (χ0v) is 11.8. The molecule has 0 spiro atoms. The van der Waals surface area contributed by atoms with Crippen molar-refractivity contribution in [3.8, 4) is 11.5 Å². The summed E-state index contributed by atoms with van der Waals surface area (Å²) in [6.45, 7) is 3.93. The van der Waals surface area contributed by atoms with Crippen molar-refractivity contribution in [2.24, 2.45) is 0 Å². The Kier molecular flexibility index (Phi) is 2.51. The maximum absolute atomic E-state index is 5.82. The van der Waals surface area contributed by atoms with Gasteiger partial charge in [0, 0.05) is 16.6 Å². The van der Waals surface area contributed by atoms with Gasteiger partial charge < -0.3 is 4.42 Å². The van der Waals surface area contributed by atoms with E-state index in [9.17, 15) is 0 Å². The highest BCUT2D eigenvalue weighted by molar-refractivity contribution is 6.00. The van der Waals surface area contributed by atoms with E-state index in [4.69, 9.17) is 4.42 Å². The highest BCUT2D eigenvalue weighted by Gasteiger charge is 2.15. The maximum Gasteiger partial charge on any atom is 0.249 e. The number of rotatable bonds is 1. The van der Waals surface area contributed by atoms with Crippen molar-refractivity contribution in [3.63, 3.8) is 0 Å². The number of aromatic nitrogens is 3. The lowest BCUT2D eigenvalue weighted by atomic mass is 10.2. The van der Waals surface area contributed by atoms with Crippen molar-refractivity contribution in [3.05, 3.63) is 53.9 Å². The van der Waals surface area contributed by atoms with Crippen LogP contribution in [0.1, 0.15) is 11.4 Å². The van der Waals surface area contributed by atoms with Crippen LogP contribution in [-0.4, -0.2) is 15.0 Å². The summed E-state index contributed by atoms with van der Waals surface area (Å²) in [5.41, 5.74) is 4.91. The Morgan fingerprint density at radius 1 is 0.810 bits per heavy atom. The van der Waals surface area contributed by atoms with Crippen molar-refractivity contribution < 1.29 is 4.42 Å². The number of oxazole rings is 1. The Morgan fingerprint density at radius 2 is 1.62 bits per heavy atom. The van der Waals surface area contributed by atoms with Crippen LogP contribution in [0.3, 0.4) is 0 Å². The first-order valence-corrected chi connectivity index (χ1v) is 6.82. The maximum atomic E-state index is 5.82. The molecular formula is C17H13N3O. The number of fused-ring (bicyclic) bond motifs is 3. The van der Waals surface area contributed by atoms with Gasteiger partial charge in [0.15, 0.2) is 5.52 Å². The van der Waals surface area contributed by atoms with E-state index < -0.39 is 0 Å². The average molecular weight is 275 g/mol. The standard InChI is InChI=1S/C17H13N3O/c1-10-8-9-13-11(2)19-17-15(14(13)18-10)20-16(21-17)12-6-4-3-5-7-12/h3-9H,1-2H3. The summed E-state index contributed by atoms with van der Waals surface area (Å²) in [4.78, 5) is 13.7. The second-order valence-electron chi connectivity index (χ2n) is 5.08. The van der Waals surface area contributed by atoms with Crippen LogP contribution in [0.25, 0.3) is 33.6 Å². The van der Waals surface area contributed by atoms with Crippen LogP contribution in [0.15, 0.2) is 46.9 Å². The third kappa shape index (κ3) is 1.88. The van der Waals surface area contributed by atoms with Gasteiger partial charge in [0.2, 0.25) is 11.6 Å². The number of nitrogens with zero attached hydrogens (tertiary/aromatic N) is 3. The van der Waals surface area contributed by atoms with Gasteiger partial charge in [-0.15, -0.1) is 0 Å². The first kappa shape index (κ1) is 12.0. The summed E-state index contributed by atoms with van der Waals surface area (Å²) >= 11 is 0. The number of aryl methyl sites for hydroxylation is 2. The van der Waals surface area contributed by atoms with Crippen LogP contribution in [0.5, 0.6) is 0 Å². The Bertz CT molecular complexity index is 958. The highest BCUT2D eigenvalue weighted by atomic mass is 16.4. The second-order valence-corrected chi connectivity index (χ2v) is 5.08. The predicted octanol–water partition coefficient (Wildman–Crippen LogP) is 4.05. The number of benzene rings is 1. The molecular weight excluding hydrogens is 262 g/mol. The van der Waals surface area contributed by atoms with Gasteiger partial charge in [0.25, 0.3) is 0 Å². The van der Waals surface area contributed by atoms with Crippen molar-refractivity contribution >= 4 is 22.1 Å². The zero-order valence-electron chi connectivity index (χ0n) is 11.8. The smallest absolute Gasteiger partial charge is 0.249 e. The molecule has 0 aliphatic rings. The molecule has 102 valence electrons. The summed E-state index contributed by atoms with van der Waals surface area (Å²) in [5, 5.41) is 1.01. The van der Waals surface area contributed by atoms with Crippen LogP contribution in [0.4, 0.5) is 0 Å². The van der Waals surface area contributed by atoms with Crippen LogP contribution in [0.2, 0.25) is 0 Å². The largest absolute Gasteiger partial charge is 0.418 e. The van der Waals surface area contributed by atoms with Gasteiger partial charge in [0.1, 0.15) is 5.52 Å². The molecule has 0 saturated carbocycles. The molecule has 0 radical (unpaired) electrons. The van der Waals surface area contributed by atoms with Crippen LogP contribution in [-0.2, 0) is 0 Å². The molecule has 0 amide bonds. The quantitative estimate of drug-likeness (QED) is 0.525. The van der Waals surface area contributed by atoms with Gasteiger partial charge in [-0.2, -0.15) is 0 Å². The lowest BCUT2D eigenvalue weighted by Crippen LogP contribution is -1.90. The van der Waals surface area contributed by atoms with Gasteiger partial charge >= 0.3 is 0 Å². The molecule has 3 heterocycles. The minimum absolute atomic E-state index is 0.539. The summed E-state index contributed by atoms with van der Waals surface area (Å²) in [6, 6.07) is 13.9. The SMILES string of the molecule is Cc1ccc2c(C)nc3oc(-c4ccccc4)nc3c2n1. The zero-order chi connectivity index (χ0) is 14.4. The van der Waals surface area contributed by atoms with E-state index in [2.05, 4.69) is 15.0 Å².